The summed E-state index contributed by atoms with van der Waals surface area (Å²) < 4.78 is 29.9. The Morgan fingerprint density at radius 2 is 1.90 bits per heavy atom. The highest BCUT2D eigenvalue weighted by atomic mass is 35.5. The third-order valence-corrected chi connectivity index (χ3v) is 7.46. The monoisotopic (exact) mass is 473 g/mol. The van der Waals surface area contributed by atoms with E-state index in [1.807, 2.05) is 0 Å². The van der Waals surface area contributed by atoms with Crippen LogP contribution in [0.15, 0.2) is 38.4 Å². The van der Waals surface area contributed by atoms with E-state index in [0.717, 1.165) is 0 Å². The van der Waals surface area contributed by atoms with Gasteiger partial charge in [0.25, 0.3) is 0 Å². The molecule has 1 aromatic carbocycles. The quantitative estimate of drug-likeness (QED) is 0.467. The molecule has 0 spiro atoms. The molecule has 0 aliphatic carbocycles. The number of urea groups is 1. The molecule has 0 aliphatic heterocycles. The minimum absolute atomic E-state index is 0.0000550. The van der Waals surface area contributed by atoms with Crippen molar-refractivity contribution in [3.63, 3.8) is 0 Å². The van der Waals surface area contributed by atoms with E-state index >= 15 is 0 Å². The standard InChI is InChI=1S/C18H17Cl2N3O4S2/c1-3-7-29(25,26)14-9-28-8-13(14)21-18(24)22-16-10(2)27-23-17(16)15-11(19)5-4-6-12(15)20/h4-6,8-9H,3,7H2,1-2H3,(H2,21,22,24). The number of carbonyl (C=O) groups is 1. The number of hydrogen-bond donors (Lipinski definition) is 2. The van der Waals surface area contributed by atoms with Gasteiger partial charge >= 0.3 is 6.03 Å². The lowest BCUT2D eigenvalue weighted by atomic mass is 10.1. The van der Waals surface area contributed by atoms with Crippen molar-refractivity contribution in [1.82, 2.24) is 5.16 Å². The average molecular weight is 474 g/mol. The molecule has 0 saturated heterocycles. The van der Waals surface area contributed by atoms with Crippen LogP contribution in [-0.2, 0) is 9.84 Å². The number of rotatable bonds is 6. The fourth-order valence-electron chi connectivity index (χ4n) is 2.68. The molecule has 2 aromatic heterocycles. The number of sulfone groups is 1. The van der Waals surface area contributed by atoms with Crippen LogP contribution >= 0.6 is 34.5 Å². The summed E-state index contributed by atoms with van der Waals surface area (Å²) in [6, 6.07) is 4.34. The highest BCUT2D eigenvalue weighted by Crippen LogP contribution is 2.39. The van der Waals surface area contributed by atoms with Crippen molar-refractivity contribution >= 4 is 61.8 Å². The van der Waals surface area contributed by atoms with Crippen LogP contribution in [0.1, 0.15) is 19.1 Å². The Morgan fingerprint density at radius 1 is 1.21 bits per heavy atom. The SMILES string of the molecule is CCCS(=O)(=O)c1cscc1NC(=O)Nc1c(-c2c(Cl)cccc2Cl)noc1C. The van der Waals surface area contributed by atoms with E-state index in [9.17, 15) is 13.2 Å². The maximum Gasteiger partial charge on any atom is 0.323 e. The number of halogens is 2. The minimum atomic E-state index is -3.47. The number of aryl methyl sites for hydroxylation is 1. The number of thiophene rings is 1. The average Bonchev–Trinajstić information content (AvgIpc) is 3.24. The van der Waals surface area contributed by atoms with Crippen LogP contribution < -0.4 is 10.6 Å². The van der Waals surface area contributed by atoms with Crippen LogP contribution in [0, 0.1) is 6.92 Å². The van der Waals surface area contributed by atoms with Crippen molar-refractivity contribution in [2.45, 2.75) is 25.2 Å². The Balaban J connectivity index is 1.88. The van der Waals surface area contributed by atoms with Crippen molar-refractivity contribution in [2.75, 3.05) is 16.4 Å². The predicted molar refractivity (Wildman–Crippen MR) is 116 cm³/mol. The van der Waals surface area contributed by atoms with E-state index in [1.165, 1.54) is 16.7 Å². The van der Waals surface area contributed by atoms with Crippen LogP contribution in [0.2, 0.25) is 10.0 Å². The molecule has 3 aromatic rings. The first kappa shape index (κ1) is 21.6. The van der Waals surface area contributed by atoms with Crippen molar-refractivity contribution < 1.29 is 17.7 Å². The van der Waals surface area contributed by atoms with E-state index in [4.69, 9.17) is 27.7 Å². The Hall–Kier alpha value is -2.07. The van der Waals surface area contributed by atoms with Gasteiger partial charge in [-0.15, -0.1) is 11.3 Å². The number of aromatic nitrogens is 1. The highest BCUT2D eigenvalue weighted by Gasteiger charge is 2.23. The van der Waals surface area contributed by atoms with Crippen molar-refractivity contribution in [1.29, 1.82) is 0 Å². The fraction of sp³-hybridized carbons (Fsp3) is 0.222. The number of benzene rings is 1. The Bertz CT molecular complexity index is 1140. The summed E-state index contributed by atoms with van der Waals surface area (Å²) in [6.07, 6.45) is 0.478. The molecule has 3 rings (SSSR count). The van der Waals surface area contributed by atoms with Crippen molar-refractivity contribution in [3.05, 3.63) is 44.8 Å². The van der Waals surface area contributed by atoms with Crippen LogP contribution in [0.25, 0.3) is 11.3 Å². The molecule has 7 nitrogen and oxygen atoms in total. The van der Waals surface area contributed by atoms with Gasteiger partial charge in [-0.05, 0) is 25.5 Å². The van der Waals surface area contributed by atoms with E-state index < -0.39 is 15.9 Å². The molecule has 0 radical (unpaired) electrons. The molecule has 0 atom stereocenters. The van der Waals surface area contributed by atoms with Crippen LogP contribution in [0.5, 0.6) is 0 Å². The smallest absolute Gasteiger partial charge is 0.323 e. The summed E-state index contributed by atoms with van der Waals surface area (Å²) >= 11 is 13.7. The maximum atomic E-state index is 12.6. The first-order chi connectivity index (χ1) is 13.7. The number of anilines is 2. The third-order valence-electron chi connectivity index (χ3n) is 3.98. The van der Waals surface area contributed by atoms with Gasteiger partial charge in [0.15, 0.2) is 15.6 Å². The van der Waals surface area contributed by atoms with E-state index in [2.05, 4.69) is 15.8 Å². The summed E-state index contributed by atoms with van der Waals surface area (Å²) in [7, 11) is -3.47. The van der Waals surface area contributed by atoms with Crippen molar-refractivity contribution in [2.24, 2.45) is 0 Å². The number of nitrogens with one attached hydrogen (secondary N) is 2. The second kappa shape index (κ2) is 8.74. The molecule has 154 valence electrons. The van der Waals surface area contributed by atoms with Crippen LogP contribution in [0.3, 0.4) is 0 Å². The van der Waals surface area contributed by atoms with Gasteiger partial charge < -0.3 is 15.2 Å². The molecule has 0 unspecified atom stereocenters. The zero-order valence-corrected chi connectivity index (χ0v) is 18.6. The fourth-order valence-corrected chi connectivity index (χ4v) is 5.92. The molecule has 0 bridgehead atoms. The number of carbonyl (C=O) groups excluding carboxylic acids is 1. The zero-order valence-electron chi connectivity index (χ0n) is 15.5. The lowest BCUT2D eigenvalue weighted by molar-refractivity contribution is 0.262. The predicted octanol–water partition coefficient (Wildman–Crippen LogP) is 5.85. The number of hydrogen-bond acceptors (Lipinski definition) is 6. The minimum Gasteiger partial charge on any atom is -0.359 e. The normalized spacial score (nSPS) is 11.4. The van der Waals surface area contributed by atoms with Crippen molar-refractivity contribution in [3.8, 4) is 11.3 Å². The molecule has 0 fully saturated rings. The molecular formula is C18H17Cl2N3O4S2. The molecule has 11 heteroatoms. The van der Waals surface area contributed by atoms with E-state index in [1.54, 1.807) is 37.4 Å². The highest BCUT2D eigenvalue weighted by molar-refractivity contribution is 7.91. The van der Waals surface area contributed by atoms with Gasteiger partial charge in [-0.1, -0.05) is 41.3 Å². The number of nitrogens with zero attached hydrogens (tertiary/aromatic N) is 1. The second-order valence-corrected chi connectivity index (χ2v) is 9.74. The van der Waals surface area contributed by atoms with Gasteiger partial charge in [0.05, 0.1) is 21.5 Å². The van der Waals surface area contributed by atoms with E-state index in [0.29, 0.717) is 27.8 Å². The summed E-state index contributed by atoms with van der Waals surface area (Å²) in [5, 5.41) is 12.9. The second-order valence-electron chi connectivity index (χ2n) is 6.11. The van der Waals surface area contributed by atoms with Gasteiger partial charge in [-0.25, -0.2) is 13.2 Å². The maximum absolute atomic E-state index is 12.6. The first-order valence-electron chi connectivity index (χ1n) is 8.52. The summed E-state index contributed by atoms with van der Waals surface area (Å²) in [5.41, 5.74) is 1.19. The molecule has 2 amide bonds. The first-order valence-corrected chi connectivity index (χ1v) is 11.9. The largest absolute Gasteiger partial charge is 0.359 e. The third kappa shape index (κ3) is 4.58. The Labute approximate surface area is 181 Å². The molecule has 2 heterocycles. The topological polar surface area (TPSA) is 101 Å². The molecular weight excluding hydrogens is 457 g/mol. The van der Waals surface area contributed by atoms with Crippen LogP contribution in [-0.4, -0.2) is 25.4 Å². The summed E-state index contributed by atoms with van der Waals surface area (Å²) in [5.74, 6) is 0.343. The van der Waals surface area contributed by atoms with Gasteiger partial charge in [0, 0.05) is 16.3 Å². The molecule has 2 N–H and O–H groups in total. The van der Waals surface area contributed by atoms with Crippen LogP contribution in [0.4, 0.5) is 16.2 Å². The Kier molecular flexibility index (Phi) is 6.52. The molecule has 29 heavy (non-hydrogen) atoms. The lowest BCUT2D eigenvalue weighted by Gasteiger charge is -2.10. The molecule has 0 saturated carbocycles. The molecule has 0 aliphatic rings. The van der Waals surface area contributed by atoms with Gasteiger partial charge in [0.2, 0.25) is 0 Å². The van der Waals surface area contributed by atoms with E-state index in [-0.39, 0.29) is 27.7 Å². The zero-order chi connectivity index (χ0) is 21.2. The van der Waals surface area contributed by atoms with Gasteiger partial charge in [-0.2, -0.15) is 0 Å². The van der Waals surface area contributed by atoms with Gasteiger partial charge in [0.1, 0.15) is 16.3 Å². The lowest BCUT2D eigenvalue weighted by Crippen LogP contribution is -2.21. The number of amides is 2. The Morgan fingerprint density at radius 3 is 2.55 bits per heavy atom. The van der Waals surface area contributed by atoms with Gasteiger partial charge in [-0.3, -0.25) is 0 Å². The summed E-state index contributed by atoms with van der Waals surface area (Å²) in [6.45, 7) is 3.40. The summed E-state index contributed by atoms with van der Waals surface area (Å²) in [4.78, 5) is 12.7.